The number of nitrogens with zero attached hydrogens (tertiary/aromatic N) is 3. The van der Waals surface area contributed by atoms with Gasteiger partial charge in [0.1, 0.15) is 17.3 Å². The molecule has 0 aliphatic heterocycles. The summed E-state index contributed by atoms with van der Waals surface area (Å²) in [6.45, 7) is 0.964. The standard InChI is InChI=1S/C25H21F3N4O4S2/c1-16-6-12-21(13-7-16)38(34,35)32(19-5-3-4-18(14-19)25(26,27)28)15-22(33)29-24-31-30-23(37-24)17-8-10-20(36-2)11-9-17/h3-14H,15H2,1-2H3,(H,29,31,33). The fourth-order valence-electron chi connectivity index (χ4n) is 3.40. The monoisotopic (exact) mass is 562 g/mol. The van der Waals surface area contributed by atoms with Crippen LogP contribution < -0.4 is 14.4 Å². The number of alkyl halides is 3. The molecule has 1 heterocycles. The van der Waals surface area contributed by atoms with Gasteiger partial charge in [-0.25, -0.2) is 8.42 Å². The molecule has 0 saturated heterocycles. The van der Waals surface area contributed by atoms with Crippen LogP contribution in [0.2, 0.25) is 0 Å². The van der Waals surface area contributed by atoms with Gasteiger partial charge in [-0.2, -0.15) is 13.2 Å². The Hall–Kier alpha value is -3.97. The molecule has 3 aromatic carbocycles. The number of sulfonamides is 1. The summed E-state index contributed by atoms with van der Waals surface area (Å²) in [6.07, 6.45) is -4.71. The fraction of sp³-hybridized carbons (Fsp3) is 0.160. The molecule has 0 aliphatic rings. The van der Waals surface area contributed by atoms with Crippen LogP contribution in [0.4, 0.5) is 24.0 Å². The first kappa shape index (κ1) is 27.1. The maximum Gasteiger partial charge on any atom is 0.416 e. The smallest absolute Gasteiger partial charge is 0.416 e. The number of hydrogen-bond acceptors (Lipinski definition) is 7. The van der Waals surface area contributed by atoms with E-state index in [1.165, 1.54) is 25.3 Å². The zero-order valence-electron chi connectivity index (χ0n) is 20.1. The number of amides is 1. The van der Waals surface area contributed by atoms with Crippen LogP contribution in [0.1, 0.15) is 11.1 Å². The van der Waals surface area contributed by atoms with Crippen LogP contribution in [0.3, 0.4) is 0 Å². The van der Waals surface area contributed by atoms with Crippen molar-refractivity contribution in [2.24, 2.45) is 0 Å². The van der Waals surface area contributed by atoms with Gasteiger partial charge in [0.05, 0.1) is 23.3 Å². The number of halogens is 3. The Morgan fingerprint density at radius 3 is 2.34 bits per heavy atom. The van der Waals surface area contributed by atoms with Gasteiger partial charge in [-0.15, -0.1) is 10.2 Å². The number of anilines is 2. The Morgan fingerprint density at radius 1 is 1.03 bits per heavy atom. The quantitative estimate of drug-likeness (QED) is 0.310. The lowest BCUT2D eigenvalue weighted by molar-refractivity contribution is -0.137. The molecule has 0 radical (unpaired) electrons. The first-order chi connectivity index (χ1) is 18.0. The molecule has 38 heavy (non-hydrogen) atoms. The molecular formula is C25H21F3N4O4S2. The van der Waals surface area contributed by atoms with Crippen molar-refractivity contribution >= 4 is 38.1 Å². The van der Waals surface area contributed by atoms with Crippen LogP contribution in [0, 0.1) is 6.92 Å². The molecule has 13 heteroatoms. The number of benzene rings is 3. The maximum absolute atomic E-state index is 13.5. The fourth-order valence-corrected chi connectivity index (χ4v) is 5.58. The third-order valence-corrected chi connectivity index (χ3v) is 8.04. The van der Waals surface area contributed by atoms with Gasteiger partial charge in [0.15, 0.2) is 0 Å². The molecule has 0 spiro atoms. The highest BCUT2D eigenvalue weighted by Crippen LogP contribution is 2.33. The number of aromatic nitrogens is 2. The lowest BCUT2D eigenvalue weighted by atomic mass is 10.2. The summed E-state index contributed by atoms with van der Waals surface area (Å²) in [5.41, 5.74) is 0.145. The first-order valence-electron chi connectivity index (χ1n) is 11.0. The molecule has 0 saturated carbocycles. The highest BCUT2D eigenvalue weighted by Gasteiger charge is 2.33. The molecule has 1 amide bonds. The SMILES string of the molecule is COc1ccc(-c2nnc(NC(=O)CN(c3cccc(C(F)(F)F)c3)S(=O)(=O)c3ccc(C)cc3)s2)cc1. The third-order valence-electron chi connectivity index (χ3n) is 5.37. The largest absolute Gasteiger partial charge is 0.497 e. The van der Waals surface area contributed by atoms with Crippen molar-refractivity contribution in [3.63, 3.8) is 0 Å². The molecule has 0 unspecified atom stereocenters. The van der Waals surface area contributed by atoms with Gasteiger partial charge >= 0.3 is 6.18 Å². The Labute approximate surface area is 220 Å². The zero-order valence-corrected chi connectivity index (χ0v) is 21.7. The molecule has 0 aliphatic carbocycles. The minimum Gasteiger partial charge on any atom is -0.497 e. The van der Waals surface area contributed by atoms with Gasteiger partial charge in [0.2, 0.25) is 11.0 Å². The zero-order chi connectivity index (χ0) is 27.5. The Bertz CT molecular complexity index is 1540. The van der Waals surface area contributed by atoms with E-state index in [4.69, 9.17) is 4.74 Å². The first-order valence-corrected chi connectivity index (χ1v) is 13.3. The van der Waals surface area contributed by atoms with E-state index in [1.807, 2.05) is 0 Å². The van der Waals surface area contributed by atoms with Crippen LogP contribution in [0.15, 0.2) is 77.7 Å². The number of ether oxygens (including phenoxy) is 1. The molecule has 1 aromatic heterocycles. The summed E-state index contributed by atoms with van der Waals surface area (Å²) in [4.78, 5) is 12.7. The van der Waals surface area contributed by atoms with Crippen LogP contribution in [-0.4, -0.2) is 38.2 Å². The van der Waals surface area contributed by atoms with E-state index in [-0.39, 0.29) is 15.7 Å². The van der Waals surface area contributed by atoms with E-state index in [9.17, 15) is 26.4 Å². The average Bonchev–Trinajstić information content (AvgIpc) is 3.35. The average molecular weight is 563 g/mol. The highest BCUT2D eigenvalue weighted by molar-refractivity contribution is 7.92. The lowest BCUT2D eigenvalue weighted by Gasteiger charge is -2.24. The highest BCUT2D eigenvalue weighted by atomic mass is 32.2. The number of aryl methyl sites for hydroxylation is 1. The van der Waals surface area contributed by atoms with Crippen molar-refractivity contribution in [2.45, 2.75) is 18.0 Å². The molecule has 0 bridgehead atoms. The molecule has 0 atom stereocenters. The normalized spacial score (nSPS) is 11.7. The number of hydrogen-bond donors (Lipinski definition) is 1. The van der Waals surface area contributed by atoms with Gasteiger partial charge in [-0.1, -0.05) is 35.1 Å². The third kappa shape index (κ3) is 6.11. The van der Waals surface area contributed by atoms with Crippen molar-refractivity contribution in [1.82, 2.24) is 10.2 Å². The maximum atomic E-state index is 13.5. The van der Waals surface area contributed by atoms with E-state index in [1.54, 1.807) is 43.3 Å². The molecule has 4 rings (SSSR count). The Balaban J connectivity index is 1.62. The van der Waals surface area contributed by atoms with Crippen molar-refractivity contribution in [3.8, 4) is 16.3 Å². The number of carbonyl (C=O) groups excluding carboxylic acids is 1. The summed E-state index contributed by atoms with van der Waals surface area (Å²) in [5, 5.41) is 11.0. The molecule has 1 N–H and O–H groups in total. The summed E-state index contributed by atoms with van der Waals surface area (Å²) in [6, 6.07) is 16.5. The number of nitrogens with one attached hydrogen (secondary N) is 1. The van der Waals surface area contributed by atoms with Crippen molar-refractivity contribution in [3.05, 3.63) is 83.9 Å². The van der Waals surface area contributed by atoms with E-state index >= 15 is 0 Å². The molecule has 8 nitrogen and oxygen atoms in total. The molecule has 0 fully saturated rings. The van der Waals surface area contributed by atoms with Crippen LogP contribution in [0.5, 0.6) is 5.75 Å². The summed E-state index contributed by atoms with van der Waals surface area (Å²) in [5.74, 6) is -0.160. The molecular weight excluding hydrogens is 541 g/mol. The van der Waals surface area contributed by atoms with E-state index in [2.05, 4.69) is 15.5 Å². The lowest BCUT2D eigenvalue weighted by Crippen LogP contribution is -2.38. The van der Waals surface area contributed by atoms with Crippen molar-refractivity contribution in [2.75, 3.05) is 23.3 Å². The van der Waals surface area contributed by atoms with E-state index < -0.39 is 34.2 Å². The molecule has 4 aromatic rings. The van der Waals surface area contributed by atoms with Gasteiger partial charge in [-0.05, 0) is 61.5 Å². The second-order valence-electron chi connectivity index (χ2n) is 8.06. The minimum absolute atomic E-state index is 0.0949. The Kier molecular flexibility index (Phi) is 7.69. The predicted molar refractivity (Wildman–Crippen MR) is 138 cm³/mol. The van der Waals surface area contributed by atoms with Gasteiger partial charge < -0.3 is 4.74 Å². The Morgan fingerprint density at radius 2 is 1.71 bits per heavy atom. The van der Waals surface area contributed by atoms with E-state index in [0.29, 0.717) is 21.1 Å². The van der Waals surface area contributed by atoms with Gasteiger partial charge in [0, 0.05) is 5.56 Å². The predicted octanol–water partition coefficient (Wildman–Crippen LogP) is 5.37. The molecule has 198 valence electrons. The second kappa shape index (κ2) is 10.8. The topological polar surface area (TPSA) is 101 Å². The summed E-state index contributed by atoms with van der Waals surface area (Å²) in [7, 11) is -2.87. The van der Waals surface area contributed by atoms with Crippen molar-refractivity contribution in [1.29, 1.82) is 0 Å². The number of methoxy groups -OCH3 is 1. The number of carbonyl (C=O) groups is 1. The van der Waals surface area contributed by atoms with Crippen LogP contribution >= 0.6 is 11.3 Å². The summed E-state index contributed by atoms with van der Waals surface area (Å²) >= 11 is 1.05. The van der Waals surface area contributed by atoms with Gasteiger partial charge in [0.25, 0.3) is 10.0 Å². The van der Waals surface area contributed by atoms with Gasteiger partial charge in [-0.3, -0.25) is 14.4 Å². The number of rotatable bonds is 8. The van der Waals surface area contributed by atoms with E-state index in [0.717, 1.165) is 34.6 Å². The van der Waals surface area contributed by atoms with Crippen molar-refractivity contribution < 1.29 is 31.1 Å². The van der Waals surface area contributed by atoms with Crippen LogP contribution in [-0.2, 0) is 21.0 Å². The summed E-state index contributed by atoms with van der Waals surface area (Å²) < 4.78 is 72.8. The minimum atomic E-state index is -4.71. The second-order valence-corrected chi connectivity index (χ2v) is 10.9. The van der Waals surface area contributed by atoms with Crippen LogP contribution in [0.25, 0.3) is 10.6 Å².